The summed E-state index contributed by atoms with van der Waals surface area (Å²) < 4.78 is 37.8. The number of halogens is 3. The Hall–Kier alpha value is -1.47. The molecule has 0 saturated heterocycles. The fraction of sp³-hybridized carbons (Fsp3) is 0.200. The van der Waals surface area contributed by atoms with Gasteiger partial charge in [0.1, 0.15) is 6.10 Å². The van der Waals surface area contributed by atoms with E-state index in [1.54, 1.807) is 0 Å². The highest BCUT2D eigenvalue weighted by Crippen LogP contribution is 2.37. The molecule has 7 heteroatoms. The van der Waals surface area contributed by atoms with Gasteiger partial charge in [0.2, 0.25) is 0 Å². The second kappa shape index (κ2) is 4.42. The lowest BCUT2D eigenvalue weighted by Crippen LogP contribution is -2.12. The molecule has 0 aliphatic rings. The Morgan fingerprint density at radius 3 is 2.41 bits per heavy atom. The van der Waals surface area contributed by atoms with Crippen LogP contribution < -0.4 is 0 Å². The molecule has 0 bridgehead atoms. The first-order valence-electron chi connectivity index (χ1n) is 4.58. The largest absolute Gasteiger partial charge is 0.417 e. The van der Waals surface area contributed by atoms with Gasteiger partial charge < -0.3 is 5.11 Å². The van der Waals surface area contributed by atoms with E-state index in [-0.39, 0.29) is 11.4 Å². The first-order valence-corrected chi connectivity index (χ1v) is 5.52. The van der Waals surface area contributed by atoms with E-state index < -0.39 is 17.8 Å². The van der Waals surface area contributed by atoms with Crippen LogP contribution in [-0.2, 0) is 6.18 Å². The van der Waals surface area contributed by atoms with Crippen molar-refractivity contribution in [2.24, 2.45) is 0 Å². The fourth-order valence-corrected chi connectivity index (χ4v) is 2.22. The van der Waals surface area contributed by atoms with E-state index in [9.17, 15) is 18.3 Å². The number of aliphatic hydroxyl groups is 1. The molecule has 17 heavy (non-hydrogen) atoms. The maximum atomic E-state index is 12.6. The van der Waals surface area contributed by atoms with Crippen LogP contribution in [0.1, 0.15) is 23.1 Å². The molecule has 0 radical (unpaired) electrons. The molecule has 0 amide bonds. The van der Waals surface area contributed by atoms with Crippen molar-refractivity contribution in [1.82, 2.24) is 9.97 Å². The van der Waals surface area contributed by atoms with Crippen molar-refractivity contribution in [3.8, 4) is 0 Å². The summed E-state index contributed by atoms with van der Waals surface area (Å²) >= 11 is 0.881. The molecule has 1 N–H and O–H groups in total. The van der Waals surface area contributed by atoms with Gasteiger partial charge in [-0.1, -0.05) is 0 Å². The Morgan fingerprint density at radius 1 is 1.18 bits per heavy atom. The van der Waals surface area contributed by atoms with Crippen LogP contribution in [-0.4, -0.2) is 15.1 Å². The van der Waals surface area contributed by atoms with Gasteiger partial charge in [-0.25, -0.2) is 9.97 Å². The molecule has 2 rings (SSSR count). The smallest absolute Gasteiger partial charge is 0.380 e. The summed E-state index contributed by atoms with van der Waals surface area (Å²) in [4.78, 5) is 7.47. The third-order valence-corrected chi connectivity index (χ3v) is 2.88. The number of thiophene rings is 1. The van der Waals surface area contributed by atoms with Crippen LogP contribution in [0.15, 0.2) is 29.2 Å². The molecule has 0 aliphatic heterocycles. The maximum absolute atomic E-state index is 12.6. The van der Waals surface area contributed by atoms with Crippen molar-refractivity contribution in [3.63, 3.8) is 0 Å². The second-order valence-electron chi connectivity index (χ2n) is 3.25. The van der Waals surface area contributed by atoms with Gasteiger partial charge in [-0.05, 0) is 11.4 Å². The highest BCUT2D eigenvalue weighted by atomic mass is 32.1. The minimum absolute atomic E-state index is 0.0450. The molecule has 0 saturated carbocycles. The topological polar surface area (TPSA) is 46.0 Å². The number of hydrogen-bond donors (Lipinski definition) is 1. The Labute approximate surface area is 98.6 Å². The maximum Gasteiger partial charge on any atom is 0.417 e. The first kappa shape index (κ1) is 12.0. The Balaban J connectivity index is 2.39. The average Bonchev–Trinajstić information content (AvgIpc) is 2.78. The molecule has 3 nitrogen and oxygen atoms in total. The zero-order valence-corrected chi connectivity index (χ0v) is 9.16. The number of aromatic nitrogens is 2. The van der Waals surface area contributed by atoms with E-state index in [1.165, 1.54) is 23.8 Å². The lowest BCUT2D eigenvalue weighted by molar-refractivity contribution is -0.138. The van der Waals surface area contributed by atoms with Crippen molar-refractivity contribution in [2.45, 2.75) is 12.3 Å². The van der Waals surface area contributed by atoms with Gasteiger partial charge >= 0.3 is 6.18 Å². The Bertz CT molecular complexity index is 498. The predicted octanol–water partition coefficient (Wildman–Crippen LogP) is 2.64. The fourth-order valence-electron chi connectivity index (χ4n) is 1.34. The van der Waals surface area contributed by atoms with Crippen LogP contribution in [0, 0.1) is 0 Å². The van der Waals surface area contributed by atoms with Gasteiger partial charge in [0.15, 0.2) is 5.82 Å². The number of rotatable bonds is 2. The van der Waals surface area contributed by atoms with Gasteiger partial charge in [0.25, 0.3) is 0 Å². The van der Waals surface area contributed by atoms with Gasteiger partial charge in [-0.3, -0.25) is 0 Å². The summed E-state index contributed by atoms with van der Waals surface area (Å²) in [6.45, 7) is 0. The van der Waals surface area contributed by atoms with Crippen LogP contribution in [0.5, 0.6) is 0 Å². The summed E-state index contributed by atoms with van der Waals surface area (Å²) in [6, 6.07) is 1.52. The highest BCUT2D eigenvalue weighted by molar-refractivity contribution is 7.08. The van der Waals surface area contributed by atoms with Crippen molar-refractivity contribution in [3.05, 3.63) is 46.2 Å². The number of alkyl halides is 3. The lowest BCUT2D eigenvalue weighted by Gasteiger charge is -2.12. The number of nitrogens with zero attached hydrogens (tertiary/aromatic N) is 2. The summed E-state index contributed by atoms with van der Waals surface area (Å²) in [5.74, 6) is -0.0450. The minimum Gasteiger partial charge on any atom is -0.380 e. The van der Waals surface area contributed by atoms with E-state index in [4.69, 9.17) is 0 Å². The van der Waals surface area contributed by atoms with Gasteiger partial charge in [-0.2, -0.15) is 24.5 Å². The van der Waals surface area contributed by atoms with Crippen LogP contribution in [0.4, 0.5) is 13.2 Å². The van der Waals surface area contributed by atoms with Crippen molar-refractivity contribution in [1.29, 1.82) is 0 Å². The molecule has 0 fully saturated rings. The molecule has 90 valence electrons. The van der Waals surface area contributed by atoms with E-state index in [0.717, 1.165) is 16.7 Å². The first-order chi connectivity index (χ1) is 8.00. The summed E-state index contributed by atoms with van der Waals surface area (Å²) in [7, 11) is 0. The normalized spacial score (nSPS) is 13.6. The second-order valence-corrected chi connectivity index (χ2v) is 3.99. The van der Waals surface area contributed by atoms with E-state index in [2.05, 4.69) is 9.97 Å². The molecule has 0 spiro atoms. The molecular formula is C10H7F3N2OS. The third-order valence-electron chi connectivity index (χ3n) is 2.12. The van der Waals surface area contributed by atoms with Gasteiger partial charge in [0.05, 0.1) is 5.56 Å². The van der Waals surface area contributed by atoms with Crippen LogP contribution in [0.3, 0.4) is 0 Å². The highest BCUT2D eigenvalue weighted by Gasteiger charge is 2.36. The Kier molecular flexibility index (Phi) is 3.12. The van der Waals surface area contributed by atoms with E-state index in [1.807, 2.05) is 0 Å². The monoisotopic (exact) mass is 260 g/mol. The van der Waals surface area contributed by atoms with Crippen molar-refractivity contribution < 1.29 is 18.3 Å². The molecular weight excluding hydrogens is 253 g/mol. The quantitative estimate of drug-likeness (QED) is 0.902. The lowest BCUT2D eigenvalue weighted by atomic mass is 10.1. The summed E-state index contributed by atoms with van der Waals surface area (Å²) in [5.41, 5.74) is -1.06. The molecule has 1 unspecified atom stereocenters. The SMILES string of the molecule is OC(c1ncccn1)c1cscc1C(F)(F)F. The molecule has 0 aromatic carbocycles. The van der Waals surface area contributed by atoms with Gasteiger partial charge in [-0.15, -0.1) is 0 Å². The van der Waals surface area contributed by atoms with Crippen molar-refractivity contribution >= 4 is 11.3 Å². The summed E-state index contributed by atoms with van der Waals surface area (Å²) in [6.07, 6.45) is -3.21. The standard InChI is InChI=1S/C10H7F3N2OS/c11-10(12,13)7-5-17-4-6(7)8(16)9-14-2-1-3-15-9/h1-5,8,16H. The molecule has 2 heterocycles. The van der Waals surface area contributed by atoms with Crippen molar-refractivity contribution in [2.75, 3.05) is 0 Å². The zero-order chi connectivity index (χ0) is 12.5. The minimum atomic E-state index is -4.48. The number of hydrogen-bond acceptors (Lipinski definition) is 4. The van der Waals surface area contributed by atoms with Crippen LogP contribution in [0.25, 0.3) is 0 Å². The molecule has 2 aromatic heterocycles. The van der Waals surface area contributed by atoms with E-state index in [0.29, 0.717) is 0 Å². The average molecular weight is 260 g/mol. The Morgan fingerprint density at radius 2 is 1.82 bits per heavy atom. The van der Waals surface area contributed by atoms with E-state index >= 15 is 0 Å². The number of aliphatic hydroxyl groups excluding tert-OH is 1. The third kappa shape index (κ3) is 2.45. The van der Waals surface area contributed by atoms with Crippen LogP contribution >= 0.6 is 11.3 Å². The molecule has 0 aliphatic carbocycles. The molecule has 2 aromatic rings. The zero-order valence-electron chi connectivity index (χ0n) is 8.35. The van der Waals surface area contributed by atoms with Gasteiger partial charge in [0, 0.05) is 23.3 Å². The predicted molar refractivity (Wildman–Crippen MR) is 55.4 cm³/mol. The molecule has 1 atom stereocenters. The van der Waals surface area contributed by atoms with Crippen LogP contribution in [0.2, 0.25) is 0 Å². The summed E-state index contributed by atoms with van der Waals surface area (Å²) in [5, 5.41) is 12.0.